The summed E-state index contributed by atoms with van der Waals surface area (Å²) in [6, 6.07) is 13.8. The number of hydrogen-bond donors (Lipinski definition) is 0. The zero-order chi connectivity index (χ0) is 17.1. The molecule has 1 unspecified atom stereocenters. The third-order valence-electron chi connectivity index (χ3n) is 4.32. The minimum absolute atomic E-state index is 0.0916. The molecule has 126 valence electrons. The molecular formula is C19H17N3O3. The van der Waals surface area contributed by atoms with Gasteiger partial charge in [0, 0.05) is 12.6 Å². The Morgan fingerprint density at radius 3 is 2.96 bits per heavy atom. The van der Waals surface area contributed by atoms with Crippen LogP contribution >= 0.6 is 0 Å². The van der Waals surface area contributed by atoms with Crippen LogP contribution in [-0.4, -0.2) is 40.7 Å². The van der Waals surface area contributed by atoms with Crippen LogP contribution in [0.3, 0.4) is 0 Å². The Morgan fingerprint density at radius 1 is 1.20 bits per heavy atom. The molecule has 1 amide bonds. The van der Waals surface area contributed by atoms with Crippen LogP contribution in [0.15, 0.2) is 59.5 Å². The average molecular weight is 335 g/mol. The Kier molecular flexibility index (Phi) is 4.26. The Labute approximate surface area is 144 Å². The van der Waals surface area contributed by atoms with Gasteiger partial charge in [-0.3, -0.25) is 4.79 Å². The molecule has 4 rings (SSSR count). The number of nitrogens with zero attached hydrogens (tertiary/aromatic N) is 3. The monoisotopic (exact) mass is 335 g/mol. The first-order valence-corrected chi connectivity index (χ1v) is 8.13. The highest BCUT2D eigenvalue weighted by Crippen LogP contribution is 2.23. The molecule has 6 nitrogen and oxygen atoms in total. The number of ether oxygens (including phenoxy) is 1. The summed E-state index contributed by atoms with van der Waals surface area (Å²) in [7, 11) is 0. The first kappa shape index (κ1) is 15.5. The maximum Gasteiger partial charge on any atom is 0.247 e. The molecule has 3 aromatic rings. The Morgan fingerprint density at radius 2 is 2.08 bits per heavy atom. The number of benzene rings is 2. The molecule has 2 aromatic carbocycles. The van der Waals surface area contributed by atoms with E-state index in [2.05, 4.69) is 28.3 Å². The molecule has 2 heterocycles. The van der Waals surface area contributed by atoms with Crippen molar-refractivity contribution in [2.24, 2.45) is 0 Å². The van der Waals surface area contributed by atoms with Gasteiger partial charge in [-0.15, -0.1) is 0 Å². The molecule has 1 aromatic heterocycles. The van der Waals surface area contributed by atoms with Crippen LogP contribution in [0.4, 0.5) is 0 Å². The number of morpholine rings is 1. The van der Waals surface area contributed by atoms with E-state index in [0.717, 1.165) is 16.3 Å². The molecular weight excluding hydrogens is 318 g/mol. The first-order valence-electron chi connectivity index (χ1n) is 8.13. The van der Waals surface area contributed by atoms with Crippen LogP contribution in [0.2, 0.25) is 0 Å². The van der Waals surface area contributed by atoms with Crippen molar-refractivity contribution in [1.82, 2.24) is 15.0 Å². The van der Waals surface area contributed by atoms with Gasteiger partial charge in [0.2, 0.25) is 12.3 Å². The SMILES string of the molecule is O=C(/C=C/c1cccc2ccccc12)N1CCOCC1c1ncon1. The van der Waals surface area contributed by atoms with Crippen molar-refractivity contribution < 1.29 is 14.1 Å². The topological polar surface area (TPSA) is 68.5 Å². The fourth-order valence-corrected chi connectivity index (χ4v) is 3.06. The summed E-state index contributed by atoms with van der Waals surface area (Å²) in [5, 5.41) is 6.11. The van der Waals surface area contributed by atoms with Gasteiger partial charge in [0.05, 0.1) is 13.2 Å². The lowest BCUT2D eigenvalue weighted by molar-refractivity contribution is -0.135. The summed E-state index contributed by atoms with van der Waals surface area (Å²) in [5.74, 6) is 0.373. The van der Waals surface area contributed by atoms with Crippen LogP contribution in [0, 0.1) is 0 Å². The largest absolute Gasteiger partial charge is 0.377 e. The van der Waals surface area contributed by atoms with Gasteiger partial charge in [0.25, 0.3) is 0 Å². The van der Waals surface area contributed by atoms with E-state index in [1.54, 1.807) is 11.0 Å². The fourth-order valence-electron chi connectivity index (χ4n) is 3.06. The van der Waals surface area contributed by atoms with E-state index in [1.807, 2.05) is 30.3 Å². The molecule has 0 bridgehead atoms. The molecule has 6 heteroatoms. The van der Waals surface area contributed by atoms with Crippen molar-refractivity contribution in [3.8, 4) is 0 Å². The molecule has 0 spiro atoms. The van der Waals surface area contributed by atoms with E-state index in [-0.39, 0.29) is 11.9 Å². The molecule has 1 aliphatic heterocycles. The van der Waals surface area contributed by atoms with Gasteiger partial charge < -0.3 is 14.2 Å². The number of hydrogen-bond acceptors (Lipinski definition) is 5. The standard InChI is InChI=1S/C19H17N3O3/c23-18(22-10-11-24-12-17(22)19-20-13-25-21-19)9-8-15-6-3-5-14-4-1-2-7-16(14)15/h1-9,13,17H,10-12H2/b9-8+. The molecule has 0 radical (unpaired) electrons. The molecule has 1 aliphatic rings. The molecule has 0 aliphatic carbocycles. The number of carbonyl (C=O) groups excluding carboxylic acids is 1. The Bertz CT molecular complexity index is 900. The van der Waals surface area contributed by atoms with Crippen molar-refractivity contribution in [2.75, 3.05) is 19.8 Å². The van der Waals surface area contributed by atoms with E-state index in [4.69, 9.17) is 9.26 Å². The lowest BCUT2D eigenvalue weighted by Crippen LogP contribution is -2.43. The van der Waals surface area contributed by atoms with Gasteiger partial charge >= 0.3 is 0 Å². The van der Waals surface area contributed by atoms with Crippen molar-refractivity contribution in [3.63, 3.8) is 0 Å². The third-order valence-corrected chi connectivity index (χ3v) is 4.32. The van der Waals surface area contributed by atoms with Crippen molar-refractivity contribution in [2.45, 2.75) is 6.04 Å². The predicted octanol–water partition coefficient (Wildman–Crippen LogP) is 2.84. The summed E-state index contributed by atoms with van der Waals surface area (Å²) in [5.41, 5.74) is 1.01. The highest BCUT2D eigenvalue weighted by molar-refractivity contribution is 5.96. The highest BCUT2D eigenvalue weighted by atomic mass is 16.5. The van der Waals surface area contributed by atoms with Crippen molar-refractivity contribution in [3.05, 3.63) is 66.3 Å². The highest BCUT2D eigenvalue weighted by Gasteiger charge is 2.30. The second-order valence-electron chi connectivity index (χ2n) is 5.81. The molecule has 25 heavy (non-hydrogen) atoms. The third kappa shape index (κ3) is 3.16. The molecule has 1 fully saturated rings. The minimum Gasteiger partial charge on any atom is -0.377 e. The maximum atomic E-state index is 12.7. The van der Waals surface area contributed by atoms with E-state index in [0.29, 0.717) is 25.6 Å². The van der Waals surface area contributed by atoms with E-state index in [1.165, 1.54) is 6.39 Å². The summed E-state index contributed by atoms with van der Waals surface area (Å²) < 4.78 is 10.3. The summed E-state index contributed by atoms with van der Waals surface area (Å²) in [4.78, 5) is 18.5. The molecule has 0 N–H and O–H groups in total. The van der Waals surface area contributed by atoms with Gasteiger partial charge in [-0.25, -0.2) is 0 Å². The van der Waals surface area contributed by atoms with Crippen LogP contribution in [0.25, 0.3) is 16.8 Å². The van der Waals surface area contributed by atoms with Gasteiger partial charge in [0.15, 0.2) is 5.82 Å². The fraction of sp³-hybridized carbons (Fsp3) is 0.211. The van der Waals surface area contributed by atoms with Crippen LogP contribution in [0.1, 0.15) is 17.4 Å². The summed E-state index contributed by atoms with van der Waals surface area (Å²) >= 11 is 0. The van der Waals surface area contributed by atoms with E-state index >= 15 is 0 Å². The number of fused-ring (bicyclic) bond motifs is 1. The molecule has 0 saturated carbocycles. The number of amides is 1. The van der Waals surface area contributed by atoms with Gasteiger partial charge in [-0.05, 0) is 22.4 Å². The van der Waals surface area contributed by atoms with Crippen molar-refractivity contribution in [1.29, 1.82) is 0 Å². The molecule has 1 atom stereocenters. The zero-order valence-corrected chi connectivity index (χ0v) is 13.5. The number of rotatable bonds is 3. The average Bonchev–Trinajstić information content (AvgIpc) is 3.21. The van der Waals surface area contributed by atoms with Gasteiger partial charge in [-0.2, -0.15) is 4.98 Å². The summed E-state index contributed by atoms with van der Waals surface area (Å²) in [6.45, 7) is 1.37. The maximum absolute atomic E-state index is 12.7. The predicted molar refractivity (Wildman–Crippen MR) is 92.6 cm³/mol. The lowest BCUT2D eigenvalue weighted by Gasteiger charge is -2.32. The Hall–Kier alpha value is -2.99. The summed E-state index contributed by atoms with van der Waals surface area (Å²) in [6.07, 6.45) is 4.71. The van der Waals surface area contributed by atoms with Gasteiger partial charge in [-0.1, -0.05) is 47.6 Å². The quantitative estimate of drug-likeness (QED) is 0.689. The number of aromatic nitrogens is 2. The van der Waals surface area contributed by atoms with Crippen LogP contribution in [-0.2, 0) is 9.53 Å². The van der Waals surface area contributed by atoms with Crippen molar-refractivity contribution >= 4 is 22.8 Å². The van der Waals surface area contributed by atoms with E-state index < -0.39 is 0 Å². The zero-order valence-electron chi connectivity index (χ0n) is 13.5. The second-order valence-corrected chi connectivity index (χ2v) is 5.81. The molecule has 1 saturated heterocycles. The van der Waals surface area contributed by atoms with Crippen LogP contribution < -0.4 is 0 Å². The minimum atomic E-state index is -0.322. The smallest absolute Gasteiger partial charge is 0.247 e. The second kappa shape index (κ2) is 6.86. The normalized spacial score (nSPS) is 18.1. The van der Waals surface area contributed by atoms with Crippen LogP contribution in [0.5, 0.6) is 0 Å². The Balaban J connectivity index is 1.58. The lowest BCUT2D eigenvalue weighted by atomic mass is 10.0. The first-order chi connectivity index (χ1) is 12.3. The number of carbonyl (C=O) groups is 1. The van der Waals surface area contributed by atoms with E-state index in [9.17, 15) is 4.79 Å². The van der Waals surface area contributed by atoms with Gasteiger partial charge in [0.1, 0.15) is 6.04 Å².